The fraction of sp³-hybridized carbons (Fsp3) is 0.400. The molecule has 1 amide bonds. The molecule has 110 valence electrons. The van der Waals surface area contributed by atoms with Crippen LogP contribution in [0.3, 0.4) is 0 Å². The summed E-state index contributed by atoms with van der Waals surface area (Å²) in [6.45, 7) is 1.42. The Hall–Kier alpha value is -2.37. The first-order valence-corrected chi connectivity index (χ1v) is 7.16. The number of aryl methyl sites for hydroxylation is 1. The van der Waals surface area contributed by atoms with Gasteiger partial charge in [-0.1, -0.05) is 18.2 Å². The molecule has 0 saturated carbocycles. The van der Waals surface area contributed by atoms with Crippen molar-refractivity contribution in [2.75, 3.05) is 18.4 Å². The van der Waals surface area contributed by atoms with Gasteiger partial charge < -0.3 is 15.2 Å². The van der Waals surface area contributed by atoms with Crippen molar-refractivity contribution in [3.63, 3.8) is 0 Å². The molecule has 2 aromatic rings. The molecule has 1 aliphatic heterocycles. The van der Waals surface area contributed by atoms with Gasteiger partial charge in [-0.3, -0.25) is 4.79 Å². The molecule has 0 fully saturated rings. The van der Waals surface area contributed by atoms with E-state index in [4.69, 9.17) is 0 Å². The van der Waals surface area contributed by atoms with Crippen LogP contribution in [0.1, 0.15) is 23.7 Å². The first-order valence-electron chi connectivity index (χ1n) is 7.16. The second kappa shape index (κ2) is 5.95. The maximum Gasteiger partial charge on any atom is 0.220 e. The SMILES string of the molecule is Cn1cnnc1CCNC(=O)CC1CNc2ccccc21. The first-order chi connectivity index (χ1) is 10.2. The van der Waals surface area contributed by atoms with E-state index in [1.165, 1.54) is 5.56 Å². The van der Waals surface area contributed by atoms with E-state index in [-0.39, 0.29) is 11.8 Å². The molecule has 6 nitrogen and oxygen atoms in total. The standard InChI is InChI=1S/C15H19N5O/c1-20-10-18-19-14(20)6-7-16-15(21)8-11-9-17-13-5-3-2-4-12(11)13/h2-5,10-11,17H,6-9H2,1H3,(H,16,21). The number of carbonyl (C=O) groups excluding carboxylic acids is 1. The number of para-hydroxylation sites is 1. The number of carbonyl (C=O) groups is 1. The zero-order valence-corrected chi connectivity index (χ0v) is 12.0. The quantitative estimate of drug-likeness (QED) is 0.862. The van der Waals surface area contributed by atoms with Gasteiger partial charge in [0.05, 0.1) is 0 Å². The molecule has 3 rings (SSSR count). The van der Waals surface area contributed by atoms with Crippen LogP contribution in [0.2, 0.25) is 0 Å². The van der Waals surface area contributed by atoms with E-state index >= 15 is 0 Å². The predicted octanol–water partition coefficient (Wildman–Crippen LogP) is 1.07. The van der Waals surface area contributed by atoms with Crippen molar-refractivity contribution >= 4 is 11.6 Å². The van der Waals surface area contributed by atoms with Gasteiger partial charge in [-0.15, -0.1) is 10.2 Å². The molecule has 2 heterocycles. The van der Waals surface area contributed by atoms with Gasteiger partial charge in [0.2, 0.25) is 5.91 Å². The highest BCUT2D eigenvalue weighted by molar-refractivity contribution is 5.78. The predicted molar refractivity (Wildman–Crippen MR) is 80.0 cm³/mol. The van der Waals surface area contributed by atoms with Gasteiger partial charge in [-0.25, -0.2) is 0 Å². The average Bonchev–Trinajstić information content (AvgIpc) is 3.07. The number of hydrogen-bond acceptors (Lipinski definition) is 4. The van der Waals surface area contributed by atoms with Crippen LogP contribution in [0.25, 0.3) is 0 Å². The first kappa shape index (κ1) is 13.6. The van der Waals surface area contributed by atoms with E-state index in [0.717, 1.165) is 18.1 Å². The monoisotopic (exact) mass is 285 g/mol. The molecular formula is C15H19N5O. The summed E-state index contributed by atoms with van der Waals surface area (Å²) >= 11 is 0. The summed E-state index contributed by atoms with van der Waals surface area (Å²) in [6.07, 6.45) is 2.88. The van der Waals surface area contributed by atoms with Crippen LogP contribution in [-0.2, 0) is 18.3 Å². The third-order valence-corrected chi connectivity index (χ3v) is 3.85. The van der Waals surface area contributed by atoms with E-state index < -0.39 is 0 Å². The molecular weight excluding hydrogens is 266 g/mol. The van der Waals surface area contributed by atoms with Crippen molar-refractivity contribution in [2.24, 2.45) is 7.05 Å². The topological polar surface area (TPSA) is 71.8 Å². The Morgan fingerprint density at radius 2 is 2.33 bits per heavy atom. The van der Waals surface area contributed by atoms with Crippen molar-refractivity contribution in [3.8, 4) is 0 Å². The van der Waals surface area contributed by atoms with Gasteiger partial charge in [-0.2, -0.15) is 0 Å². The van der Waals surface area contributed by atoms with Crippen LogP contribution in [-0.4, -0.2) is 33.8 Å². The Labute approximate surface area is 123 Å². The highest BCUT2D eigenvalue weighted by Crippen LogP contribution is 2.32. The number of fused-ring (bicyclic) bond motifs is 1. The molecule has 1 aliphatic rings. The number of hydrogen-bond donors (Lipinski definition) is 2. The molecule has 0 bridgehead atoms. The van der Waals surface area contributed by atoms with Gasteiger partial charge in [-0.05, 0) is 11.6 Å². The lowest BCUT2D eigenvalue weighted by atomic mass is 9.97. The molecule has 6 heteroatoms. The third-order valence-electron chi connectivity index (χ3n) is 3.85. The molecule has 2 N–H and O–H groups in total. The summed E-state index contributed by atoms with van der Waals surface area (Å²) in [5.41, 5.74) is 2.38. The van der Waals surface area contributed by atoms with Gasteiger partial charge in [0.1, 0.15) is 12.2 Å². The highest BCUT2D eigenvalue weighted by atomic mass is 16.1. The summed E-state index contributed by atoms with van der Waals surface area (Å²) < 4.78 is 1.86. The second-order valence-corrected chi connectivity index (χ2v) is 5.33. The Bertz CT molecular complexity index is 636. The molecule has 1 unspecified atom stereocenters. The molecule has 21 heavy (non-hydrogen) atoms. The highest BCUT2D eigenvalue weighted by Gasteiger charge is 2.23. The zero-order valence-electron chi connectivity index (χ0n) is 12.0. The summed E-state index contributed by atoms with van der Waals surface area (Å²) in [5, 5.41) is 14.1. The number of aromatic nitrogens is 3. The van der Waals surface area contributed by atoms with Crippen molar-refractivity contribution < 1.29 is 4.79 Å². The van der Waals surface area contributed by atoms with E-state index in [9.17, 15) is 4.79 Å². The summed E-state index contributed by atoms with van der Waals surface area (Å²) in [4.78, 5) is 12.0. The number of nitrogens with zero attached hydrogens (tertiary/aromatic N) is 3. The molecule has 0 radical (unpaired) electrons. The lowest BCUT2D eigenvalue weighted by Gasteiger charge is -2.10. The minimum atomic E-state index is 0.0840. The van der Waals surface area contributed by atoms with Crippen LogP contribution in [0, 0.1) is 0 Å². The Morgan fingerprint density at radius 3 is 3.14 bits per heavy atom. The van der Waals surface area contributed by atoms with Crippen molar-refractivity contribution in [1.29, 1.82) is 0 Å². The third kappa shape index (κ3) is 3.04. The normalized spacial score (nSPS) is 16.3. The van der Waals surface area contributed by atoms with Crippen molar-refractivity contribution in [3.05, 3.63) is 42.0 Å². The van der Waals surface area contributed by atoms with E-state index in [2.05, 4.69) is 33.0 Å². The van der Waals surface area contributed by atoms with E-state index in [0.29, 0.717) is 19.4 Å². The minimum Gasteiger partial charge on any atom is -0.384 e. The van der Waals surface area contributed by atoms with E-state index in [1.807, 2.05) is 23.7 Å². The fourth-order valence-electron chi connectivity index (χ4n) is 2.68. The average molecular weight is 285 g/mol. The van der Waals surface area contributed by atoms with Crippen LogP contribution >= 0.6 is 0 Å². The Morgan fingerprint density at radius 1 is 1.48 bits per heavy atom. The lowest BCUT2D eigenvalue weighted by Crippen LogP contribution is -2.28. The molecule has 1 aromatic heterocycles. The number of benzene rings is 1. The number of anilines is 1. The molecule has 0 spiro atoms. The van der Waals surface area contributed by atoms with Gasteiger partial charge in [0.15, 0.2) is 0 Å². The van der Waals surface area contributed by atoms with Crippen LogP contribution in [0.15, 0.2) is 30.6 Å². The van der Waals surface area contributed by atoms with Gasteiger partial charge in [0, 0.05) is 44.6 Å². The largest absolute Gasteiger partial charge is 0.384 e. The van der Waals surface area contributed by atoms with Gasteiger partial charge in [0.25, 0.3) is 0 Å². The van der Waals surface area contributed by atoms with E-state index in [1.54, 1.807) is 6.33 Å². The number of nitrogens with one attached hydrogen (secondary N) is 2. The molecule has 1 atom stereocenters. The van der Waals surface area contributed by atoms with Crippen molar-refractivity contribution in [1.82, 2.24) is 20.1 Å². The summed E-state index contributed by atoms with van der Waals surface area (Å²) in [5.74, 6) is 1.22. The number of amides is 1. The van der Waals surface area contributed by atoms with Crippen LogP contribution in [0.4, 0.5) is 5.69 Å². The lowest BCUT2D eigenvalue weighted by molar-refractivity contribution is -0.121. The Balaban J connectivity index is 1.48. The number of rotatable bonds is 5. The summed E-state index contributed by atoms with van der Waals surface area (Å²) in [6, 6.07) is 8.17. The fourth-order valence-corrected chi connectivity index (χ4v) is 2.68. The minimum absolute atomic E-state index is 0.0840. The molecule has 0 aliphatic carbocycles. The zero-order chi connectivity index (χ0) is 14.7. The van der Waals surface area contributed by atoms with Crippen LogP contribution in [0.5, 0.6) is 0 Å². The Kier molecular flexibility index (Phi) is 3.85. The summed E-state index contributed by atoms with van der Waals surface area (Å²) in [7, 11) is 1.90. The smallest absolute Gasteiger partial charge is 0.220 e. The maximum atomic E-state index is 12.0. The van der Waals surface area contributed by atoms with Gasteiger partial charge >= 0.3 is 0 Å². The van der Waals surface area contributed by atoms with Crippen molar-refractivity contribution in [2.45, 2.75) is 18.8 Å². The molecule has 1 aromatic carbocycles. The van der Waals surface area contributed by atoms with Crippen LogP contribution < -0.4 is 10.6 Å². The second-order valence-electron chi connectivity index (χ2n) is 5.33. The maximum absolute atomic E-state index is 12.0. The molecule has 0 saturated heterocycles.